The van der Waals surface area contributed by atoms with Gasteiger partial charge in [-0.15, -0.1) is 0 Å². The molecule has 1 aliphatic heterocycles. The molecule has 21 heavy (non-hydrogen) atoms. The SMILES string of the molecule is Cc1cc(C)c(NC(=O)N2CCC[C@H](C(=O)O)C2)c(C)n1. The normalized spacial score (nSPS) is 18.4. The molecule has 0 spiro atoms. The summed E-state index contributed by atoms with van der Waals surface area (Å²) in [5.41, 5.74) is 3.35. The van der Waals surface area contributed by atoms with E-state index in [1.54, 1.807) is 4.90 Å². The van der Waals surface area contributed by atoms with Gasteiger partial charge >= 0.3 is 12.0 Å². The van der Waals surface area contributed by atoms with Gasteiger partial charge in [-0.2, -0.15) is 0 Å². The quantitative estimate of drug-likeness (QED) is 0.876. The van der Waals surface area contributed by atoms with Crippen molar-refractivity contribution in [3.63, 3.8) is 0 Å². The largest absolute Gasteiger partial charge is 0.481 e. The maximum absolute atomic E-state index is 12.3. The van der Waals surface area contributed by atoms with Gasteiger partial charge in [0.25, 0.3) is 0 Å². The van der Waals surface area contributed by atoms with Crippen molar-refractivity contribution in [3.8, 4) is 0 Å². The molecule has 0 aromatic carbocycles. The second-order valence-corrected chi connectivity index (χ2v) is 5.59. The zero-order chi connectivity index (χ0) is 15.6. The smallest absolute Gasteiger partial charge is 0.321 e. The minimum Gasteiger partial charge on any atom is -0.481 e. The third kappa shape index (κ3) is 3.51. The number of pyridine rings is 1. The van der Waals surface area contributed by atoms with Crippen LogP contribution in [0, 0.1) is 26.7 Å². The third-order valence-electron chi connectivity index (χ3n) is 3.82. The predicted octanol–water partition coefficient (Wildman–Crippen LogP) is 2.34. The molecular formula is C15H21N3O3. The van der Waals surface area contributed by atoms with Crippen LogP contribution in [0.25, 0.3) is 0 Å². The van der Waals surface area contributed by atoms with Crippen LogP contribution in [0.15, 0.2) is 6.07 Å². The van der Waals surface area contributed by atoms with E-state index in [4.69, 9.17) is 5.11 Å². The Hall–Kier alpha value is -2.11. The van der Waals surface area contributed by atoms with E-state index in [2.05, 4.69) is 10.3 Å². The van der Waals surface area contributed by atoms with E-state index in [-0.39, 0.29) is 12.6 Å². The molecule has 0 bridgehead atoms. The van der Waals surface area contributed by atoms with Gasteiger partial charge in [0.05, 0.1) is 17.3 Å². The van der Waals surface area contributed by atoms with E-state index < -0.39 is 11.9 Å². The molecule has 1 aromatic heterocycles. The summed E-state index contributed by atoms with van der Waals surface area (Å²) in [5.74, 6) is -1.31. The lowest BCUT2D eigenvalue weighted by atomic mass is 9.99. The molecule has 6 heteroatoms. The number of carboxylic acids is 1. The van der Waals surface area contributed by atoms with Crippen LogP contribution >= 0.6 is 0 Å². The van der Waals surface area contributed by atoms with Gasteiger partial charge in [-0.25, -0.2) is 4.79 Å². The number of aliphatic carboxylic acids is 1. The Labute approximate surface area is 124 Å². The van der Waals surface area contributed by atoms with Crippen molar-refractivity contribution in [1.29, 1.82) is 0 Å². The molecule has 0 aliphatic carbocycles. The fraction of sp³-hybridized carbons (Fsp3) is 0.533. The summed E-state index contributed by atoms with van der Waals surface area (Å²) in [4.78, 5) is 29.3. The highest BCUT2D eigenvalue weighted by atomic mass is 16.4. The van der Waals surface area contributed by atoms with Crippen LogP contribution in [0.1, 0.15) is 29.8 Å². The first-order valence-electron chi connectivity index (χ1n) is 7.12. The van der Waals surface area contributed by atoms with Gasteiger partial charge in [-0.1, -0.05) is 0 Å². The summed E-state index contributed by atoms with van der Waals surface area (Å²) in [5, 5.41) is 11.9. The minimum atomic E-state index is -0.836. The van der Waals surface area contributed by atoms with Gasteiger partial charge in [0.15, 0.2) is 0 Å². The Morgan fingerprint density at radius 2 is 2.10 bits per heavy atom. The van der Waals surface area contributed by atoms with Gasteiger partial charge in [0, 0.05) is 18.8 Å². The van der Waals surface area contributed by atoms with Crippen LogP contribution in [0.2, 0.25) is 0 Å². The number of rotatable bonds is 2. The fourth-order valence-corrected chi connectivity index (χ4v) is 2.76. The molecule has 6 nitrogen and oxygen atoms in total. The predicted molar refractivity (Wildman–Crippen MR) is 79.4 cm³/mol. The fourth-order valence-electron chi connectivity index (χ4n) is 2.76. The number of hydrogen-bond acceptors (Lipinski definition) is 3. The van der Waals surface area contributed by atoms with Gasteiger partial charge in [0.2, 0.25) is 0 Å². The van der Waals surface area contributed by atoms with E-state index in [0.29, 0.717) is 25.1 Å². The highest BCUT2D eigenvalue weighted by Crippen LogP contribution is 2.22. The number of aromatic nitrogens is 1. The number of nitrogens with zero attached hydrogens (tertiary/aromatic N) is 2. The van der Waals surface area contributed by atoms with E-state index in [1.807, 2.05) is 26.8 Å². The van der Waals surface area contributed by atoms with Crippen LogP contribution in [-0.2, 0) is 4.79 Å². The number of anilines is 1. The molecule has 1 saturated heterocycles. The minimum absolute atomic E-state index is 0.252. The number of carboxylic acid groups (broad SMARTS) is 1. The molecule has 2 amide bonds. The van der Waals surface area contributed by atoms with Gasteiger partial charge in [-0.05, 0) is 45.2 Å². The Bertz CT molecular complexity index is 548. The number of aryl methyl sites for hydroxylation is 3. The zero-order valence-corrected chi connectivity index (χ0v) is 12.6. The lowest BCUT2D eigenvalue weighted by Crippen LogP contribution is -2.44. The molecule has 1 aliphatic rings. The lowest BCUT2D eigenvalue weighted by molar-refractivity contribution is -0.143. The van der Waals surface area contributed by atoms with Gasteiger partial charge < -0.3 is 15.3 Å². The number of nitrogens with one attached hydrogen (secondary N) is 1. The molecule has 2 heterocycles. The van der Waals surface area contributed by atoms with E-state index in [1.165, 1.54) is 0 Å². The highest BCUT2D eigenvalue weighted by molar-refractivity contribution is 5.91. The Morgan fingerprint density at radius 1 is 1.38 bits per heavy atom. The molecule has 1 aromatic rings. The van der Waals surface area contributed by atoms with Crippen LogP contribution in [-0.4, -0.2) is 40.1 Å². The number of likely N-dealkylation sites (tertiary alicyclic amines) is 1. The number of carbonyl (C=O) groups is 2. The summed E-state index contributed by atoms with van der Waals surface area (Å²) < 4.78 is 0. The maximum atomic E-state index is 12.3. The van der Waals surface area contributed by atoms with Crippen LogP contribution < -0.4 is 5.32 Å². The first kappa shape index (κ1) is 15.3. The molecule has 2 rings (SSSR count). The van der Waals surface area contributed by atoms with Crippen molar-refractivity contribution in [2.24, 2.45) is 5.92 Å². The number of hydrogen-bond donors (Lipinski definition) is 2. The number of amides is 2. The van der Waals surface area contributed by atoms with Crippen molar-refractivity contribution >= 4 is 17.7 Å². The molecule has 2 N–H and O–H groups in total. The lowest BCUT2D eigenvalue weighted by Gasteiger charge is -2.31. The Kier molecular flexibility index (Phi) is 4.45. The molecule has 1 fully saturated rings. The summed E-state index contributed by atoms with van der Waals surface area (Å²) in [6.07, 6.45) is 1.34. The monoisotopic (exact) mass is 291 g/mol. The van der Waals surface area contributed by atoms with Crippen molar-refractivity contribution in [3.05, 3.63) is 23.0 Å². The highest BCUT2D eigenvalue weighted by Gasteiger charge is 2.28. The van der Waals surface area contributed by atoms with Gasteiger partial charge in [-0.3, -0.25) is 9.78 Å². The molecule has 0 saturated carbocycles. The Balaban J connectivity index is 2.10. The Morgan fingerprint density at radius 3 is 2.71 bits per heavy atom. The summed E-state index contributed by atoms with van der Waals surface area (Å²) >= 11 is 0. The van der Waals surface area contributed by atoms with Crippen molar-refractivity contribution < 1.29 is 14.7 Å². The number of urea groups is 1. The number of carbonyl (C=O) groups excluding carboxylic acids is 1. The average Bonchev–Trinajstić information content (AvgIpc) is 2.42. The molecule has 114 valence electrons. The standard InChI is InChI=1S/C15H21N3O3/c1-9-7-10(2)16-11(3)13(9)17-15(21)18-6-4-5-12(8-18)14(19)20/h7,12H,4-6,8H2,1-3H3,(H,17,21)(H,19,20)/t12-/m0/s1. The maximum Gasteiger partial charge on any atom is 0.321 e. The van der Waals surface area contributed by atoms with Crippen molar-refractivity contribution in [2.75, 3.05) is 18.4 Å². The topological polar surface area (TPSA) is 82.5 Å². The second kappa shape index (κ2) is 6.11. The van der Waals surface area contributed by atoms with Crippen molar-refractivity contribution in [2.45, 2.75) is 33.6 Å². The molecular weight excluding hydrogens is 270 g/mol. The first-order chi connectivity index (χ1) is 9.88. The van der Waals surface area contributed by atoms with E-state index >= 15 is 0 Å². The molecule has 1 atom stereocenters. The van der Waals surface area contributed by atoms with Crippen LogP contribution in [0.3, 0.4) is 0 Å². The third-order valence-corrected chi connectivity index (χ3v) is 3.82. The van der Waals surface area contributed by atoms with E-state index in [9.17, 15) is 9.59 Å². The van der Waals surface area contributed by atoms with Crippen LogP contribution in [0.5, 0.6) is 0 Å². The first-order valence-corrected chi connectivity index (χ1v) is 7.12. The summed E-state index contributed by atoms with van der Waals surface area (Å²) in [6, 6.07) is 1.66. The van der Waals surface area contributed by atoms with E-state index in [0.717, 1.165) is 17.0 Å². The number of piperidine rings is 1. The molecule has 0 radical (unpaired) electrons. The summed E-state index contributed by atoms with van der Waals surface area (Å²) in [6.45, 7) is 6.54. The van der Waals surface area contributed by atoms with Crippen molar-refractivity contribution in [1.82, 2.24) is 9.88 Å². The van der Waals surface area contributed by atoms with Gasteiger partial charge in [0.1, 0.15) is 0 Å². The second-order valence-electron chi connectivity index (χ2n) is 5.59. The van der Waals surface area contributed by atoms with Crippen LogP contribution in [0.4, 0.5) is 10.5 Å². The molecule has 0 unspecified atom stereocenters. The average molecular weight is 291 g/mol. The summed E-state index contributed by atoms with van der Waals surface area (Å²) in [7, 11) is 0. The zero-order valence-electron chi connectivity index (χ0n) is 12.6.